The van der Waals surface area contributed by atoms with Crippen LogP contribution in [0.2, 0.25) is 0 Å². The van der Waals surface area contributed by atoms with Crippen molar-refractivity contribution >= 4 is 11.9 Å². The van der Waals surface area contributed by atoms with Crippen LogP contribution in [0.5, 0.6) is 0 Å². The molecule has 2 aromatic carbocycles. The van der Waals surface area contributed by atoms with Crippen LogP contribution in [0.4, 0.5) is 0 Å². The molecule has 10 heteroatoms. The first-order valence-electron chi connectivity index (χ1n) is 12.8. The molecule has 0 aliphatic heterocycles. The molecule has 38 heavy (non-hydrogen) atoms. The molecule has 1 aliphatic carbocycles. The van der Waals surface area contributed by atoms with Gasteiger partial charge >= 0.3 is 11.9 Å². The van der Waals surface area contributed by atoms with Crippen molar-refractivity contribution in [2.24, 2.45) is 11.7 Å². The lowest BCUT2D eigenvalue weighted by molar-refractivity contribution is -0.162. The van der Waals surface area contributed by atoms with Gasteiger partial charge in [0.15, 0.2) is 5.92 Å². The number of rotatable bonds is 20. The maximum absolute atomic E-state index is 12.6. The summed E-state index contributed by atoms with van der Waals surface area (Å²) < 4.78 is 32.2. The Bertz CT molecular complexity index is 954. The SMILES string of the molecule is NCCOCCOCCOCCOCCOCC(C(=O)O)C(=O)OCC1c2ccccc2-c2ccccc21. The van der Waals surface area contributed by atoms with Gasteiger partial charge < -0.3 is 39.3 Å². The Morgan fingerprint density at radius 1 is 0.711 bits per heavy atom. The number of carbonyl (C=O) groups excluding carboxylic acids is 1. The van der Waals surface area contributed by atoms with Gasteiger partial charge in [0.05, 0.1) is 66.1 Å². The van der Waals surface area contributed by atoms with Crippen LogP contribution in [-0.4, -0.2) is 96.3 Å². The maximum Gasteiger partial charge on any atom is 0.322 e. The van der Waals surface area contributed by atoms with Crippen molar-refractivity contribution < 1.29 is 43.1 Å². The van der Waals surface area contributed by atoms with Gasteiger partial charge in [0.1, 0.15) is 6.61 Å². The van der Waals surface area contributed by atoms with E-state index in [-0.39, 0.29) is 32.3 Å². The normalized spacial score (nSPS) is 13.2. The summed E-state index contributed by atoms with van der Waals surface area (Å²) in [6.07, 6.45) is 0. The van der Waals surface area contributed by atoms with Crippen LogP contribution in [0, 0.1) is 5.92 Å². The lowest BCUT2D eigenvalue weighted by Gasteiger charge is -2.17. The average molecular weight is 532 g/mol. The number of carboxylic acid groups (broad SMARTS) is 1. The van der Waals surface area contributed by atoms with Gasteiger partial charge in [-0.1, -0.05) is 48.5 Å². The quantitative estimate of drug-likeness (QED) is 0.148. The summed E-state index contributed by atoms with van der Waals surface area (Å²) in [7, 11) is 0. The summed E-state index contributed by atoms with van der Waals surface area (Å²) in [6.45, 7) is 3.82. The van der Waals surface area contributed by atoms with Crippen molar-refractivity contribution in [1.29, 1.82) is 0 Å². The van der Waals surface area contributed by atoms with Crippen molar-refractivity contribution in [2.45, 2.75) is 5.92 Å². The number of hydrogen-bond acceptors (Lipinski definition) is 9. The minimum absolute atomic E-state index is 0.0624. The topological polar surface area (TPSA) is 136 Å². The Morgan fingerprint density at radius 3 is 1.63 bits per heavy atom. The first-order valence-corrected chi connectivity index (χ1v) is 12.8. The number of carboxylic acids is 1. The summed E-state index contributed by atoms with van der Waals surface area (Å²) in [5.41, 5.74) is 9.65. The fraction of sp³-hybridized carbons (Fsp3) is 0.500. The Hall–Kier alpha value is -2.86. The van der Waals surface area contributed by atoms with Crippen LogP contribution >= 0.6 is 0 Å². The smallest absolute Gasteiger partial charge is 0.322 e. The summed E-state index contributed by atoms with van der Waals surface area (Å²) >= 11 is 0. The highest BCUT2D eigenvalue weighted by atomic mass is 16.6. The van der Waals surface area contributed by atoms with Crippen molar-refractivity contribution in [3.8, 4) is 11.1 Å². The second-order valence-corrected chi connectivity index (χ2v) is 8.56. The molecular weight excluding hydrogens is 494 g/mol. The number of hydrogen-bond donors (Lipinski definition) is 2. The number of nitrogens with two attached hydrogens (primary N) is 1. The molecule has 0 heterocycles. The Kier molecular flexibility index (Phi) is 13.2. The third kappa shape index (κ3) is 9.16. The number of esters is 1. The zero-order valence-electron chi connectivity index (χ0n) is 21.5. The maximum atomic E-state index is 12.6. The Labute approximate surface area is 222 Å². The highest BCUT2D eigenvalue weighted by molar-refractivity contribution is 5.94. The van der Waals surface area contributed by atoms with Crippen LogP contribution in [0.25, 0.3) is 11.1 Å². The number of ether oxygens (including phenoxy) is 6. The summed E-state index contributed by atoms with van der Waals surface area (Å²) in [6, 6.07) is 15.9. The molecule has 0 radical (unpaired) electrons. The Balaban J connectivity index is 1.28. The molecule has 0 fully saturated rings. The van der Waals surface area contributed by atoms with E-state index in [9.17, 15) is 14.7 Å². The van der Waals surface area contributed by atoms with E-state index < -0.39 is 17.9 Å². The van der Waals surface area contributed by atoms with Gasteiger partial charge in [-0.3, -0.25) is 9.59 Å². The van der Waals surface area contributed by atoms with Gasteiger partial charge in [-0.05, 0) is 22.3 Å². The van der Waals surface area contributed by atoms with Gasteiger partial charge in [0, 0.05) is 12.5 Å². The van der Waals surface area contributed by atoms with Gasteiger partial charge in [-0.25, -0.2) is 0 Å². The van der Waals surface area contributed by atoms with Crippen molar-refractivity contribution in [3.05, 3.63) is 59.7 Å². The zero-order valence-corrected chi connectivity index (χ0v) is 21.5. The predicted molar refractivity (Wildman–Crippen MR) is 139 cm³/mol. The van der Waals surface area contributed by atoms with Crippen LogP contribution < -0.4 is 5.73 Å². The fourth-order valence-corrected chi connectivity index (χ4v) is 4.11. The third-order valence-corrected chi connectivity index (χ3v) is 5.97. The second kappa shape index (κ2) is 16.9. The molecule has 0 bridgehead atoms. The average Bonchev–Trinajstić information content (AvgIpc) is 3.25. The minimum atomic E-state index is -1.41. The highest BCUT2D eigenvalue weighted by Gasteiger charge is 2.32. The van der Waals surface area contributed by atoms with Crippen molar-refractivity contribution in [1.82, 2.24) is 0 Å². The van der Waals surface area contributed by atoms with Crippen LogP contribution in [-0.2, 0) is 38.0 Å². The Morgan fingerprint density at radius 2 is 1.16 bits per heavy atom. The molecule has 2 aromatic rings. The molecule has 1 aliphatic rings. The molecule has 3 N–H and O–H groups in total. The second-order valence-electron chi connectivity index (χ2n) is 8.56. The first-order chi connectivity index (χ1) is 18.6. The lowest BCUT2D eigenvalue weighted by atomic mass is 9.98. The largest absolute Gasteiger partial charge is 0.481 e. The van der Waals surface area contributed by atoms with Crippen molar-refractivity contribution in [2.75, 3.05) is 79.2 Å². The summed E-state index contributed by atoms with van der Waals surface area (Å²) in [5, 5.41) is 9.52. The van der Waals surface area contributed by atoms with Gasteiger partial charge in [0.2, 0.25) is 0 Å². The molecule has 208 valence electrons. The van der Waals surface area contributed by atoms with Gasteiger partial charge in [0.25, 0.3) is 0 Å². The van der Waals surface area contributed by atoms with Crippen molar-refractivity contribution in [3.63, 3.8) is 0 Å². The molecule has 3 rings (SSSR count). The molecule has 0 aromatic heterocycles. The van der Waals surface area contributed by atoms with Crippen LogP contribution in [0.3, 0.4) is 0 Å². The van der Waals surface area contributed by atoms with E-state index in [0.29, 0.717) is 52.8 Å². The van der Waals surface area contributed by atoms with Gasteiger partial charge in [-0.15, -0.1) is 0 Å². The molecule has 10 nitrogen and oxygen atoms in total. The number of fused-ring (bicyclic) bond motifs is 3. The minimum Gasteiger partial charge on any atom is -0.481 e. The van der Waals surface area contributed by atoms with E-state index in [1.807, 2.05) is 48.5 Å². The molecular formula is C28H37NO9. The van der Waals surface area contributed by atoms with Crippen LogP contribution in [0.15, 0.2) is 48.5 Å². The van der Waals surface area contributed by atoms with E-state index >= 15 is 0 Å². The number of aliphatic carboxylic acids is 1. The molecule has 0 saturated carbocycles. The summed E-state index contributed by atoms with van der Waals surface area (Å²) in [5.74, 6) is -3.66. The fourth-order valence-electron chi connectivity index (χ4n) is 4.11. The zero-order chi connectivity index (χ0) is 27.0. The lowest BCUT2D eigenvalue weighted by Crippen LogP contribution is -2.31. The summed E-state index contributed by atoms with van der Waals surface area (Å²) in [4.78, 5) is 24.3. The first kappa shape index (κ1) is 29.7. The van der Waals surface area contributed by atoms with E-state index in [2.05, 4.69) is 0 Å². The van der Waals surface area contributed by atoms with Crippen LogP contribution in [0.1, 0.15) is 17.0 Å². The molecule has 1 unspecified atom stereocenters. The molecule has 0 spiro atoms. The van der Waals surface area contributed by atoms with E-state index in [1.54, 1.807) is 0 Å². The standard InChI is InChI=1S/C28H37NO9/c29-9-10-33-11-12-34-13-14-35-15-16-36-17-18-37-19-26(27(30)31)28(32)38-20-25-23-7-3-1-5-21(23)22-6-2-4-8-24(22)25/h1-8,25-26H,9-20,29H2,(H,30,31). The van der Waals surface area contributed by atoms with E-state index in [4.69, 9.17) is 34.2 Å². The predicted octanol–water partition coefficient (Wildman–Crippen LogP) is 2.08. The number of benzene rings is 2. The molecule has 1 atom stereocenters. The molecule has 0 saturated heterocycles. The molecule has 0 amide bonds. The van der Waals surface area contributed by atoms with E-state index in [1.165, 1.54) is 0 Å². The van der Waals surface area contributed by atoms with Gasteiger partial charge in [-0.2, -0.15) is 0 Å². The number of carbonyl (C=O) groups is 2. The highest BCUT2D eigenvalue weighted by Crippen LogP contribution is 2.44. The monoisotopic (exact) mass is 531 g/mol. The third-order valence-electron chi connectivity index (χ3n) is 5.97. The van der Waals surface area contributed by atoms with E-state index in [0.717, 1.165) is 22.3 Å².